The molecule has 1 aliphatic rings. The molecule has 4 nitrogen and oxygen atoms in total. The fraction of sp³-hybridized carbons (Fsp3) is 0.833. The second-order valence-corrected chi connectivity index (χ2v) is 5.46. The molecule has 98 valence electrons. The van der Waals surface area contributed by atoms with Crippen LogP contribution in [-0.4, -0.2) is 42.0 Å². The number of thiocarbonyl (C=S) groups is 1. The summed E-state index contributed by atoms with van der Waals surface area (Å²) >= 11 is 4.97. The fourth-order valence-electron chi connectivity index (χ4n) is 1.69. The molecule has 1 amide bonds. The van der Waals surface area contributed by atoms with Crippen LogP contribution in [0.2, 0.25) is 0 Å². The van der Waals surface area contributed by atoms with Gasteiger partial charge in [0.1, 0.15) is 0 Å². The van der Waals surface area contributed by atoms with E-state index in [2.05, 4.69) is 17.3 Å². The van der Waals surface area contributed by atoms with Crippen molar-refractivity contribution in [2.75, 3.05) is 20.1 Å². The predicted molar refractivity (Wildman–Crippen MR) is 73.8 cm³/mol. The number of carbonyl (C=O) groups excluding carboxylic acids is 1. The molecular formula is C12H23N3OS. The number of nitrogens with two attached hydrogens (primary N) is 1. The van der Waals surface area contributed by atoms with E-state index in [1.54, 1.807) is 6.92 Å². The first-order chi connectivity index (χ1) is 7.91. The highest BCUT2D eigenvalue weighted by Crippen LogP contribution is 2.25. The molecule has 0 spiro atoms. The normalized spacial score (nSPS) is 18.8. The van der Waals surface area contributed by atoms with Gasteiger partial charge in [-0.3, -0.25) is 4.79 Å². The van der Waals surface area contributed by atoms with Crippen molar-refractivity contribution in [1.29, 1.82) is 0 Å². The van der Waals surface area contributed by atoms with E-state index in [1.165, 1.54) is 12.8 Å². The van der Waals surface area contributed by atoms with Gasteiger partial charge in [-0.15, -0.1) is 0 Å². The lowest BCUT2D eigenvalue weighted by molar-refractivity contribution is -0.127. The van der Waals surface area contributed by atoms with Crippen molar-refractivity contribution >= 4 is 23.1 Å². The molecule has 1 atom stereocenters. The summed E-state index contributed by atoms with van der Waals surface area (Å²) in [6, 6.07) is 0.722. The van der Waals surface area contributed by atoms with Gasteiger partial charge in [-0.2, -0.15) is 0 Å². The molecule has 0 aromatic rings. The first kappa shape index (κ1) is 14.4. The van der Waals surface area contributed by atoms with Gasteiger partial charge < -0.3 is 16.0 Å². The van der Waals surface area contributed by atoms with E-state index in [0.29, 0.717) is 13.0 Å². The maximum atomic E-state index is 12.0. The van der Waals surface area contributed by atoms with Crippen LogP contribution in [0.25, 0.3) is 0 Å². The van der Waals surface area contributed by atoms with Gasteiger partial charge in [0, 0.05) is 19.1 Å². The van der Waals surface area contributed by atoms with Gasteiger partial charge in [-0.25, -0.2) is 0 Å². The lowest BCUT2D eigenvalue weighted by atomic mass is 9.86. The Morgan fingerprint density at radius 2 is 2.18 bits per heavy atom. The molecule has 1 fully saturated rings. The van der Waals surface area contributed by atoms with Crippen LogP contribution >= 0.6 is 12.2 Å². The first-order valence-electron chi connectivity index (χ1n) is 6.20. The summed E-state index contributed by atoms with van der Waals surface area (Å²) in [6.07, 6.45) is 3.20. The summed E-state index contributed by atoms with van der Waals surface area (Å²) < 4.78 is 0. The maximum absolute atomic E-state index is 12.0. The number of carbonyl (C=O) groups is 1. The quantitative estimate of drug-likeness (QED) is 0.665. The molecular weight excluding hydrogens is 234 g/mol. The topological polar surface area (TPSA) is 58.4 Å². The van der Waals surface area contributed by atoms with E-state index in [9.17, 15) is 4.79 Å². The lowest BCUT2D eigenvalue weighted by Gasteiger charge is -2.26. The van der Waals surface area contributed by atoms with Crippen molar-refractivity contribution in [2.45, 2.75) is 39.2 Å². The van der Waals surface area contributed by atoms with Gasteiger partial charge >= 0.3 is 0 Å². The van der Waals surface area contributed by atoms with Crippen LogP contribution in [0.3, 0.4) is 0 Å². The molecule has 0 radical (unpaired) electrons. The zero-order valence-electron chi connectivity index (χ0n) is 11.0. The minimum absolute atomic E-state index is 0.0586. The van der Waals surface area contributed by atoms with Crippen molar-refractivity contribution in [1.82, 2.24) is 10.2 Å². The standard InChI is InChI=1S/C12H23N3OS/c1-4-12(2,10(13)17)11(16)14-7-8-15(3)9-5-6-9/h9H,4-8H2,1-3H3,(H2,13,17)(H,14,16). The highest BCUT2D eigenvalue weighted by molar-refractivity contribution is 7.80. The molecule has 1 unspecified atom stereocenters. The number of hydrogen-bond acceptors (Lipinski definition) is 3. The van der Waals surface area contributed by atoms with E-state index in [0.717, 1.165) is 12.6 Å². The second kappa shape index (κ2) is 5.78. The summed E-state index contributed by atoms with van der Waals surface area (Å²) in [5.41, 5.74) is 4.92. The zero-order chi connectivity index (χ0) is 13.1. The highest BCUT2D eigenvalue weighted by atomic mass is 32.1. The summed E-state index contributed by atoms with van der Waals surface area (Å²) in [4.78, 5) is 14.6. The van der Waals surface area contributed by atoms with Gasteiger partial charge in [0.05, 0.1) is 10.4 Å². The van der Waals surface area contributed by atoms with Crippen molar-refractivity contribution in [3.63, 3.8) is 0 Å². The monoisotopic (exact) mass is 257 g/mol. The van der Waals surface area contributed by atoms with E-state index in [4.69, 9.17) is 18.0 Å². The van der Waals surface area contributed by atoms with Crippen LogP contribution in [0.15, 0.2) is 0 Å². The summed E-state index contributed by atoms with van der Waals surface area (Å²) in [5.74, 6) is -0.0586. The van der Waals surface area contributed by atoms with Crippen molar-refractivity contribution in [2.24, 2.45) is 11.1 Å². The number of nitrogens with zero attached hydrogens (tertiary/aromatic N) is 1. The molecule has 1 aliphatic carbocycles. The predicted octanol–water partition coefficient (Wildman–Crippen LogP) is 0.899. The Morgan fingerprint density at radius 3 is 2.59 bits per heavy atom. The zero-order valence-corrected chi connectivity index (χ0v) is 11.8. The maximum Gasteiger partial charge on any atom is 0.232 e. The van der Waals surface area contributed by atoms with Crippen molar-refractivity contribution < 1.29 is 4.79 Å². The molecule has 17 heavy (non-hydrogen) atoms. The summed E-state index contributed by atoms with van der Waals surface area (Å²) in [7, 11) is 2.09. The average molecular weight is 257 g/mol. The largest absolute Gasteiger partial charge is 0.392 e. The highest BCUT2D eigenvalue weighted by Gasteiger charge is 2.34. The van der Waals surface area contributed by atoms with E-state index in [-0.39, 0.29) is 10.9 Å². The Bertz CT molecular complexity index is 304. The third-order valence-corrected chi connectivity index (χ3v) is 4.12. The van der Waals surface area contributed by atoms with Crippen LogP contribution in [0, 0.1) is 5.41 Å². The molecule has 0 aliphatic heterocycles. The smallest absolute Gasteiger partial charge is 0.232 e. The van der Waals surface area contributed by atoms with Gasteiger partial charge in [-0.1, -0.05) is 19.1 Å². The second-order valence-electron chi connectivity index (χ2n) is 5.02. The Kier molecular flexibility index (Phi) is 4.89. The van der Waals surface area contributed by atoms with Crippen molar-refractivity contribution in [3.8, 4) is 0 Å². The minimum Gasteiger partial charge on any atom is -0.392 e. The number of hydrogen-bond donors (Lipinski definition) is 2. The molecule has 0 heterocycles. The SMILES string of the molecule is CCC(C)(C(=O)NCCN(C)C1CC1)C(N)=S. The molecule has 0 bridgehead atoms. The van der Waals surface area contributed by atoms with Crippen molar-refractivity contribution in [3.05, 3.63) is 0 Å². The average Bonchev–Trinajstić information content (AvgIpc) is 3.10. The third kappa shape index (κ3) is 3.64. The van der Waals surface area contributed by atoms with Crippen LogP contribution < -0.4 is 11.1 Å². The Hall–Kier alpha value is -0.680. The van der Waals surface area contributed by atoms with Gasteiger partial charge in [0.25, 0.3) is 0 Å². The molecule has 0 saturated heterocycles. The van der Waals surface area contributed by atoms with E-state index < -0.39 is 5.41 Å². The third-order valence-electron chi connectivity index (χ3n) is 3.67. The van der Waals surface area contributed by atoms with E-state index in [1.807, 2.05) is 6.92 Å². The molecule has 0 aromatic heterocycles. The molecule has 3 N–H and O–H groups in total. The van der Waals surface area contributed by atoms with Crippen LogP contribution in [0.1, 0.15) is 33.1 Å². The van der Waals surface area contributed by atoms with Crippen LogP contribution in [0.5, 0.6) is 0 Å². The first-order valence-corrected chi connectivity index (χ1v) is 6.61. The number of amides is 1. The van der Waals surface area contributed by atoms with E-state index >= 15 is 0 Å². The van der Waals surface area contributed by atoms with Crippen LogP contribution in [0.4, 0.5) is 0 Å². The summed E-state index contributed by atoms with van der Waals surface area (Å²) in [6.45, 7) is 5.27. The molecule has 0 aromatic carbocycles. The van der Waals surface area contributed by atoms with Gasteiger partial charge in [0.2, 0.25) is 5.91 Å². The van der Waals surface area contributed by atoms with Gasteiger partial charge in [0.15, 0.2) is 0 Å². The lowest BCUT2D eigenvalue weighted by Crippen LogP contribution is -2.48. The number of nitrogens with one attached hydrogen (secondary N) is 1. The molecule has 1 rings (SSSR count). The van der Waals surface area contributed by atoms with Gasteiger partial charge in [-0.05, 0) is 33.2 Å². The number of rotatable bonds is 7. The Balaban J connectivity index is 2.34. The Morgan fingerprint density at radius 1 is 1.59 bits per heavy atom. The minimum atomic E-state index is -0.715. The Labute approximate surface area is 109 Å². The van der Waals surface area contributed by atoms with Crippen LogP contribution in [-0.2, 0) is 4.79 Å². The molecule has 1 saturated carbocycles. The summed E-state index contributed by atoms with van der Waals surface area (Å²) in [5, 5.41) is 2.92. The molecule has 5 heteroatoms. The number of likely N-dealkylation sites (N-methyl/N-ethyl adjacent to an activating group) is 1. The fourth-order valence-corrected chi connectivity index (χ4v) is 1.92.